The average molecular weight is 455 g/mol. The lowest BCUT2D eigenvalue weighted by molar-refractivity contribution is -0.151. The predicted octanol–water partition coefficient (Wildman–Crippen LogP) is 3.71. The van der Waals surface area contributed by atoms with Crippen LogP contribution >= 0.6 is 0 Å². The third-order valence-electron chi connectivity index (χ3n) is 6.59. The molecule has 0 amide bonds. The van der Waals surface area contributed by atoms with Crippen LogP contribution in [0.2, 0.25) is 0 Å². The predicted molar refractivity (Wildman–Crippen MR) is 127 cm³/mol. The summed E-state index contributed by atoms with van der Waals surface area (Å²) in [5, 5.41) is 3.27. The van der Waals surface area contributed by atoms with E-state index in [2.05, 4.69) is 24.1 Å². The number of hydrogen-bond donors (Lipinski definition) is 1. The molecule has 1 heterocycles. The number of rotatable bonds is 7. The fraction of sp³-hybridized carbons (Fsp3) is 0.500. The molecule has 3 atom stereocenters. The van der Waals surface area contributed by atoms with Gasteiger partial charge in [0.15, 0.2) is 5.78 Å². The molecule has 178 valence electrons. The molecule has 2 aliphatic rings. The zero-order valence-corrected chi connectivity index (χ0v) is 20.4. The van der Waals surface area contributed by atoms with Gasteiger partial charge in [-0.1, -0.05) is 19.1 Å². The van der Waals surface area contributed by atoms with Crippen molar-refractivity contribution in [2.24, 2.45) is 11.8 Å². The summed E-state index contributed by atoms with van der Waals surface area (Å²) < 4.78 is 10.3. The lowest BCUT2D eigenvalue weighted by Crippen LogP contribution is -2.43. The first-order chi connectivity index (χ1) is 15.8. The van der Waals surface area contributed by atoms with Crippen molar-refractivity contribution in [1.82, 2.24) is 5.32 Å². The zero-order valence-electron chi connectivity index (χ0n) is 20.4. The Balaban J connectivity index is 2.15. The molecule has 0 aromatic heterocycles. The average Bonchev–Trinajstić information content (AvgIpc) is 2.79. The fourth-order valence-electron chi connectivity index (χ4n) is 4.96. The molecule has 1 N–H and O–H groups in total. The molecule has 0 spiro atoms. The highest BCUT2D eigenvalue weighted by molar-refractivity contribution is 6.12. The molecule has 0 saturated carbocycles. The molecule has 7 heteroatoms. The molecular weight excluding hydrogens is 420 g/mol. The van der Waals surface area contributed by atoms with Gasteiger partial charge in [0.25, 0.3) is 0 Å². The molecule has 0 saturated heterocycles. The van der Waals surface area contributed by atoms with Gasteiger partial charge in [0, 0.05) is 41.7 Å². The van der Waals surface area contributed by atoms with E-state index in [9.17, 15) is 14.4 Å². The number of Topliss-reactive ketones (excluding diaryl/α,β-unsaturated/α-hetero) is 1. The molecule has 7 nitrogen and oxygen atoms in total. The van der Waals surface area contributed by atoms with Gasteiger partial charge in [0.1, 0.15) is 5.92 Å². The summed E-state index contributed by atoms with van der Waals surface area (Å²) in [4.78, 5) is 41.4. The number of dihydropyridines is 1. The van der Waals surface area contributed by atoms with E-state index in [1.807, 2.05) is 38.1 Å². The fourth-order valence-corrected chi connectivity index (χ4v) is 4.96. The maximum absolute atomic E-state index is 13.7. The van der Waals surface area contributed by atoms with Crippen LogP contribution in [0.1, 0.15) is 52.5 Å². The summed E-state index contributed by atoms with van der Waals surface area (Å²) in [6.45, 7) is 11.6. The molecule has 1 aliphatic carbocycles. The number of carbonyl (C=O) groups is 3. The topological polar surface area (TPSA) is 84.9 Å². The lowest BCUT2D eigenvalue weighted by atomic mass is 9.69. The van der Waals surface area contributed by atoms with Crippen molar-refractivity contribution in [2.45, 2.75) is 47.0 Å². The minimum Gasteiger partial charge on any atom is -0.468 e. The first-order valence-corrected chi connectivity index (χ1v) is 11.6. The number of benzene rings is 1. The Morgan fingerprint density at radius 3 is 2.30 bits per heavy atom. The van der Waals surface area contributed by atoms with Gasteiger partial charge in [-0.15, -0.1) is 0 Å². The molecule has 0 radical (unpaired) electrons. The second kappa shape index (κ2) is 10.2. The number of hydrogen-bond acceptors (Lipinski definition) is 7. The van der Waals surface area contributed by atoms with Crippen LogP contribution in [0.3, 0.4) is 0 Å². The van der Waals surface area contributed by atoms with Crippen molar-refractivity contribution < 1.29 is 23.9 Å². The summed E-state index contributed by atoms with van der Waals surface area (Å²) in [7, 11) is 1.29. The van der Waals surface area contributed by atoms with E-state index in [-0.39, 0.29) is 18.3 Å². The Morgan fingerprint density at radius 2 is 1.76 bits per heavy atom. The largest absolute Gasteiger partial charge is 0.468 e. The molecule has 3 rings (SSSR count). The van der Waals surface area contributed by atoms with E-state index in [4.69, 9.17) is 9.47 Å². The summed E-state index contributed by atoms with van der Waals surface area (Å²) in [6.07, 6.45) is 0.516. The number of methoxy groups -OCH3 is 1. The van der Waals surface area contributed by atoms with Crippen molar-refractivity contribution in [3.05, 3.63) is 52.4 Å². The van der Waals surface area contributed by atoms with Crippen LogP contribution in [-0.4, -0.2) is 44.5 Å². The van der Waals surface area contributed by atoms with E-state index in [1.54, 1.807) is 6.92 Å². The second-order valence-corrected chi connectivity index (χ2v) is 8.52. The number of esters is 2. The number of nitrogens with one attached hydrogen (secondary N) is 1. The van der Waals surface area contributed by atoms with Crippen LogP contribution in [0.15, 0.2) is 46.8 Å². The van der Waals surface area contributed by atoms with Gasteiger partial charge in [0.2, 0.25) is 0 Å². The highest BCUT2D eigenvalue weighted by Gasteiger charge is 2.47. The van der Waals surface area contributed by atoms with Crippen LogP contribution in [0.25, 0.3) is 0 Å². The molecule has 33 heavy (non-hydrogen) atoms. The third kappa shape index (κ3) is 4.54. The van der Waals surface area contributed by atoms with Crippen LogP contribution in [0.4, 0.5) is 5.69 Å². The Hall–Kier alpha value is -3.09. The second-order valence-electron chi connectivity index (χ2n) is 8.52. The zero-order chi connectivity index (χ0) is 24.3. The highest BCUT2D eigenvalue weighted by atomic mass is 16.5. The van der Waals surface area contributed by atoms with Crippen LogP contribution in [0, 0.1) is 11.8 Å². The van der Waals surface area contributed by atoms with Crippen LogP contribution < -0.4 is 10.2 Å². The molecule has 1 aromatic carbocycles. The van der Waals surface area contributed by atoms with E-state index in [1.165, 1.54) is 7.11 Å². The molecule has 0 fully saturated rings. The van der Waals surface area contributed by atoms with E-state index < -0.39 is 23.8 Å². The van der Waals surface area contributed by atoms with Gasteiger partial charge < -0.3 is 19.7 Å². The number of carbonyl (C=O) groups excluding carboxylic acids is 3. The molecule has 1 aliphatic heterocycles. The monoisotopic (exact) mass is 454 g/mol. The number of nitrogens with zero attached hydrogens (tertiary/aromatic N) is 1. The molecule has 1 aromatic rings. The van der Waals surface area contributed by atoms with Crippen molar-refractivity contribution in [3.8, 4) is 0 Å². The SMILES string of the molecule is CCOC(=O)C1=C(C)NC2=C(C(=O)[C@@H](C(=O)OC)[C@H](C)C2)[C@H]1c1ccc(N(CC)CC)cc1. The Labute approximate surface area is 195 Å². The van der Waals surface area contributed by atoms with Gasteiger partial charge in [-0.05, 0) is 57.7 Å². The standard InChI is InChI=1S/C26H34N2O5/c1-7-28(8-2)18-12-10-17(11-13-18)22-21(26(31)33-9-3)16(5)27-19-14-15(4)20(25(30)32-6)24(29)23(19)22/h10-13,15,20,22,27H,7-9,14H2,1-6H3/t15-,20+,22+/m1/s1. The smallest absolute Gasteiger partial charge is 0.336 e. The quantitative estimate of drug-likeness (QED) is 0.497. The number of allylic oxidation sites excluding steroid dienone is 3. The first-order valence-electron chi connectivity index (χ1n) is 11.6. The summed E-state index contributed by atoms with van der Waals surface area (Å²) in [5.41, 5.74) is 4.16. The minimum atomic E-state index is -0.894. The molecule has 0 unspecified atom stereocenters. The summed E-state index contributed by atoms with van der Waals surface area (Å²) in [5.74, 6) is -3.02. The van der Waals surface area contributed by atoms with Crippen LogP contribution in [0.5, 0.6) is 0 Å². The number of ketones is 1. The maximum atomic E-state index is 13.7. The van der Waals surface area contributed by atoms with E-state index >= 15 is 0 Å². The van der Waals surface area contributed by atoms with Gasteiger partial charge in [-0.3, -0.25) is 9.59 Å². The first kappa shape index (κ1) is 24.6. The van der Waals surface area contributed by atoms with Crippen molar-refractivity contribution >= 4 is 23.4 Å². The minimum absolute atomic E-state index is 0.209. The van der Waals surface area contributed by atoms with Gasteiger partial charge >= 0.3 is 11.9 Å². The maximum Gasteiger partial charge on any atom is 0.336 e. The van der Waals surface area contributed by atoms with Crippen molar-refractivity contribution in [1.29, 1.82) is 0 Å². The van der Waals surface area contributed by atoms with E-state index in [0.717, 1.165) is 30.0 Å². The van der Waals surface area contributed by atoms with Crippen molar-refractivity contribution in [3.63, 3.8) is 0 Å². The Bertz CT molecular complexity index is 988. The van der Waals surface area contributed by atoms with Crippen molar-refractivity contribution in [2.75, 3.05) is 31.7 Å². The summed E-state index contributed by atoms with van der Waals surface area (Å²) in [6, 6.07) is 7.94. The highest BCUT2D eigenvalue weighted by Crippen LogP contribution is 2.45. The normalized spacial score (nSPS) is 22.5. The third-order valence-corrected chi connectivity index (χ3v) is 6.59. The van der Waals surface area contributed by atoms with Gasteiger partial charge in [0.05, 0.1) is 19.3 Å². The summed E-state index contributed by atoms with van der Waals surface area (Å²) >= 11 is 0. The molecular formula is C26H34N2O5. The van der Waals surface area contributed by atoms with Gasteiger partial charge in [-0.25, -0.2) is 4.79 Å². The molecule has 0 bridgehead atoms. The lowest BCUT2D eigenvalue weighted by Gasteiger charge is -2.38. The Kier molecular flexibility index (Phi) is 7.61. The Morgan fingerprint density at radius 1 is 1.12 bits per heavy atom. The number of ether oxygens (including phenoxy) is 2. The van der Waals surface area contributed by atoms with Crippen LogP contribution in [-0.2, 0) is 23.9 Å². The van der Waals surface area contributed by atoms with Gasteiger partial charge in [-0.2, -0.15) is 0 Å². The number of anilines is 1. The van der Waals surface area contributed by atoms with E-state index in [0.29, 0.717) is 23.3 Å².